The number of aliphatic hydroxyl groups excluding tert-OH is 1. The van der Waals surface area contributed by atoms with Crippen molar-refractivity contribution in [1.82, 2.24) is 0 Å². The molecule has 5 nitrogen and oxygen atoms in total. The number of hydrogen-bond acceptors (Lipinski definition) is 4. The van der Waals surface area contributed by atoms with Gasteiger partial charge in [-0.05, 0) is 12.5 Å². The minimum atomic E-state index is -0.456. The molecule has 0 aliphatic carbocycles. The summed E-state index contributed by atoms with van der Waals surface area (Å²) in [6.45, 7) is 0.0493. The van der Waals surface area contributed by atoms with E-state index in [1.54, 1.807) is 18.2 Å². The number of aliphatic hydroxyl groups is 1. The summed E-state index contributed by atoms with van der Waals surface area (Å²) in [5, 5.41) is 19.2. The van der Waals surface area contributed by atoms with Gasteiger partial charge in [-0.1, -0.05) is 12.2 Å². The van der Waals surface area contributed by atoms with E-state index in [0.29, 0.717) is 17.7 Å². The molecule has 0 atom stereocenters. The van der Waals surface area contributed by atoms with Gasteiger partial charge in [-0.2, -0.15) is 0 Å². The molecule has 5 heteroatoms. The predicted octanol–water partition coefficient (Wildman–Crippen LogP) is 2.00. The average Bonchev–Trinajstić information content (AvgIpc) is 2.29. The quantitative estimate of drug-likeness (QED) is 0.612. The molecule has 0 amide bonds. The summed E-state index contributed by atoms with van der Waals surface area (Å²) in [6, 6.07) is 4.38. The van der Waals surface area contributed by atoms with Gasteiger partial charge in [0, 0.05) is 24.3 Å². The lowest BCUT2D eigenvalue weighted by atomic mass is 10.1. The highest BCUT2D eigenvalue weighted by molar-refractivity contribution is 5.60. The lowest BCUT2D eigenvalue weighted by Gasteiger charge is -2.03. The van der Waals surface area contributed by atoms with Crippen molar-refractivity contribution in [2.45, 2.75) is 6.42 Å². The van der Waals surface area contributed by atoms with Crippen LogP contribution >= 0.6 is 0 Å². The molecule has 0 spiro atoms. The Bertz CT molecular complexity index is 401. The van der Waals surface area contributed by atoms with Crippen LogP contribution in [0.1, 0.15) is 12.0 Å². The smallest absolute Gasteiger partial charge is 0.270 e. The number of nitro groups is 1. The van der Waals surface area contributed by atoms with Gasteiger partial charge in [-0.3, -0.25) is 10.1 Å². The second-order valence-electron chi connectivity index (χ2n) is 3.10. The summed E-state index contributed by atoms with van der Waals surface area (Å²) in [4.78, 5) is 10.1. The molecule has 0 aliphatic rings. The first-order valence-electron chi connectivity index (χ1n) is 4.79. The molecule has 0 unspecified atom stereocenters. The first kappa shape index (κ1) is 12.2. The molecule has 0 fully saturated rings. The summed E-state index contributed by atoms with van der Waals surface area (Å²) < 4.78 is 5.07. The van der Waals surface area contributed by atoms with Crippen LogP contribution in [0.4, 0.5) is 5.69 Å². The Morgan fingerprint density at radius 1 is 1.56 bits per heavy atom. The number of benzene rings is 1. The van der Waals surface area contributed by atoms with Crippen LogP contribution in [0.15, 0.2) is 24.3 Å². The van der Waals surface area contributed by atoms with Gasteiger partial charge < -0.3 is 9.84 Å². The maximum absolute atomic E-state index is 10.6. The van der Waals surface area contributed by atoms with Crippen molar-refractivity contribution in [2.24, 2.45) is 0 Å². The monoisotopic (exact) mass is 223 g/mol. The Morgan fingerprint density at radius 3 is 2.88 bits per heavy atom. The van der Waals surface area contributed by atoms with Gasteiger partial charge in [-0.15, -0.1) is 0 Å². The van der Waals surface area contributed by atoms with Crippen molar-refractivity contribution in [3.05, 3.63) is 40.0 Å². The lowest BCUT2D eigenvalue weighted by Crippen LogP contribution is -1.91. The number of nitro benzene ring substituents is 1. The summed E-state index contributed by atoms with van der Waals surface area (Å²) in [6.07, 6.45) is 3.94. The minimum absolute atomic E-state index is 0.0180. The van der Waals surface area contributed by atoms with E-state index in [2.05, 4.69) is 0 Å². The molecule has 0 aliphatic heterocycles. The molecule has 1 aromatic rings. The van der Waals surface area contributed by atoms with E-state index in [9.17, 15) is 10.1 Å². The number of non-ortho nitro benzene ring substituents is 1. The van der Waals surface area contributed by atoms with Gasteiger partial charge in [0.05, 0.1) is 12.0 Å². The molecule has 0 saturated heterocycles. The molecule has 1 aromatic carbocycles. The average molecular weight is 223 g/mol. The molecule has 1 rings (SSSR count). The molecule has 86 valence electrons. The van der Waals surface area contributed by atoms with E-state index in [1.807, 2.05) is 0 Å². The zero-order valence-corrected chi connectivity index (χ0v) is 8.92. The first-order valence-corrected chi connectivity index (χ1v) is 4.79. The van der Waals surface area contributed by atoms with E-state index < -0.39 is 4.92 Å². The van der Waals surface area contributed by atoms with E-state index >= 15 is 0 Å². The Morgan fingerprint density at radius 2 is 2.31 bits per heavy atom. The Kier molecular flexibility index (Phi) is 4.47. The van der Waals surface area contributed by atoms with Crippen LogP contribution < -0.4 is 4.74 Å². The van der Waals surface area contributed by atoms with Crippen LogP contribution in [-0.4, -0.2) is 23.7 Å². The van der Waals surface area contributed by atoms with Crippen LogP contribution in [0.25, 0.3) is 6.08 Å². The van der Waals surface area contributed by atoms with Gasteiger partial charge in [0.2, 0.25) is 0 Å². The van der Waals surface area contributed by atoms with Gasteiger partial charge in [-0.25, -0.2) is 0 Å². The van der Waals surface area contributed by atoms with Crippen molar-refractivity contribution < 1.29 is 14.8 Å². The number of rotatable bonds is 5. The molecule has 0 aromatic heterocycles. The van der Waals surface area contributed by atoms with Crippen molar-refractivity contribution in [3.63, 3.8) is 0 Å². The molecule has 0 bridgehead atoms. The third-order valence-electron chi connectivity index (χ3n) is 2.02. The van der Waals surface area contributed by atoms with Crippen molar-refractivity contribution in [1.29, 1.82) is 0 Å². The van der Waals surface area contributed by atoms with E-state index in [4.69, 9.17) is 9.84 Å². The zero-order chi connectivity index (χ0) is 12.0. The second kappa shape index (κ2) is 5.87. The van der Waals surface area contributed by atoms with Crippen LogP contribution in [-0.2, 0) is 0 Å². The Labute approximate surface area is 93.1 Å². The SMILES string of the molecule is COc1ccc([N+](=O)[O-])cc1C=CCCO. The molecule has 1 N–H and O–H groups in total. The molecule has 16 heavy (non-hydrogen) atoms. The van der Waals surface area contributed by atoms with Crippen molar-refractivity contribution >= 4 is 11.8 Å². The Hall–Kier alpha value is -1.88. The molecule has 0 heterocycles. The van der Waals surface area contributed by atoms with E-state index in [-0.39, 0.29) is 12.3 Å². The fraction of sp³-hybridized carbons (Fsp3) is 0.273. The zero-order valence-electron chi connectivity index (χ0n) is 8.92. The number of hydrogen-bond donors (Lipinski definition) is 1. The van der Waals surface area contributed by atoms with Crippen molar-refractivity contribution in [2.75, 3.05) is 13.7 Å². The van der Waals surface area contributed by atoms with Gasteiger partial charge in [0.15, 0.2) is 0 Å². The Balaban J connectivity index is 3.02. The third kappa shape index (κ3) is 3.06. The highest BCUT2D eigenvalue weighted by Crippen LogP contribution is 2.25. The van der Waals surface area contributed by atoms with Gasteiger partial charge >= 0.3 is 0 Å². The molecule has 0 saturated carbocycles. The number of methoxy groups -OCH3 is 1. The molecular weight excluding hydrogens is 210 g/mol. The van der Waals surface area contributed by atoms with Crippen molar-refractivity contribution in [3.8, 4) is 5.75 Å². The standard InChI is InChI=1S/C11H13NO4/c1-16-11-6-5-10(12(14)15)8-9(11)4-2-3-7-13/h2,4-6,8,13H,3,7H2,1H3. The van der Waals surface area contributed by atoms with Crippen LogP contribution in [0, 0.1) is 10.1 Å². The number of ether oxygens (including phenoxy) is 1. The van der Waals surface area contributed by atoms with Gasteiger partial charge in [0.1, 0.15) is 5.75 Å². The summed E-state index contributed by atoms with van der Waals surface area (Å²) in [5.41, 5.74) is 0.648. The fourth-order valence-electron chi connectivity index (χ4n) is 1.25. The van der Waals surface area contributed by atoms with E-state index in [0.717, 1.165) is 0 Å². The van der Waals surface area contributed by atoms with E-state index in [1.165, 1.54) is 19.2 Å². The largest absolute Gasteiger partial charge is 0.496 e. The fourth-order valence-corrected chi connectivity index (χ4v) is 1.25. The maximum atomic E-state index is 10.6. The van der Waals surface area contributed by atoms with Gasteiger partial charge in [0.25, 0.3) is 5.69 Å². The maximum Gasteiger partial charge on any atom is 0.270 e. The van der Waals surface area contributed by atoms with Crippen LogP contribution in [0.2, 0.25) is 0 Å². The highest BCUT2D eigenvalue weighted by atomic mass is 16.6. The third-order valence-corrected chi connectivity index (χ3v) is 2.02. The topological polar surface area (TPSA) is 72.6 Å². The number of nitrogens with zero attached hydrogens (tertiary/aromatic N) is 1. The minimum Gasteiger partial charge on any atom is -0.496 e. The predicted molar refractivity (Wildman–Crippen MR) is 60.4 cm³/mol. The summed E-state index contributed by atoms with van der Waals surface area (Å²) in [7, 11) is 1.50. The normalized spacial score (nSPS) is 10.6. The second-order valence-corrected chi connectivity index (χ2v) is 3.10. The summed E-state index contributed by atoms with van der Waals surface area (Å²) >= 11 is 0. The highest BCUT2D eigenvalue weighted by Gasteiger charge is 2.08. The lowest BCUT2D eigenvalue weighted by molar-refractivity contribution is -0.384. The molecular formula is C11H13NO4. The molecule has 0 radical (unpaired) electrons. The van der Waals surface area contributed by atoms with Crippen LogP contribution in [0.5, 0.6) is 5.75 Å². The first-order chi connectivity index (χ1) is 7.69. The van der Waals surface area contributed by atoms with Crippen LogP contribution in [0.3, 0.4) is 0 Å². The summed E-state index contributed by atoms with van der Waals surface area (Å²) in [5.74, 6) is 0.569.